The monoisotopic (exact) mass is 459 g/mol. The lowest BCUT2D eigenvalue weighted by atomic mass is 10.1. The van der Waals surface area contributed by atoms with Crippen molar-refractivity contribution in [2.24, 2.45) is 0 Å². The van der Waals surface area contributed by atoms with Crippen molar-refractivity contribution in [3.05, 3.63) is 69.8 Å². The standard InChI is InChI=1S/C20H18FN5O3S2/c21-15-3-7-16(8-4-15)24-9-11-25(12-10-24)20(27)31-23-19-22-18(13-30-19)14-1-5-17(6-2-14)26(28)29/h1-8,13H,9-12H2,(H,22,23). The molecule has 0 spiro atoms. The zero-order valence-corrected chi connectivity index (χ0v) is 17.9. The Hall–Kier alpha value is -3.18. The van der Waals surface area contributed by atoms with Gasteiger partial charge in [0.05, 0.1) is 10.6 Å². The smallest absolute Gasteiger partial charge is 0.302 e. The number of aromatic nitrogens is 1. The van der Waals surface area contributed by atoms with Crippen molar-refractivity contribution < 1.29 is 14.1 Å². The summed E-state index contributed by atoms with van der Waals surface area (Å²) < 4.78 is 16.1. The van der Waals surface area contributed by atoms with Gasteiger partial charge in [-0.3, -0.25) is 19.6 Å². The Morgan fingerprint density at radius 3 is 2.42 bits per heavy atom. The summed E-state index contributed by atoms with van der Waals surface area (Å²) in [5, 5.41) is 13.1. The van der Waals surface area contributed by atoms with Crippen LogP contribution in [0.25, 0.3) is 11.3 Å². The molecule has 1 aliphatic rings. The topological polar surface area (TPSA) is 91.6 Å². The number of carbonyl (C=O) groups is 1. The predicted molar refractivity (Wildman–Crippen MR) is 121 cm³/mol. The van der Waals surface area contributed by atoms with E-state index < -0.39 is 4.92 Å². The van der Waals surface area contributed by atoms with Gasteiger partial charge in [-0.05, 0) is 36.4 Å². The number of non-ortho nitro benzene ring substituents is 1. The fourth-order valence-corrected chi connectivity index (χ4v) is 4.57. The average Bonchev–Trinajstić information content (AvgIpc) is 3.27. The van der Waals surface area contributed by atoms with Gasteiger partial charge < -0.3 is 9.80 Å². The van der Waals surface area contributed by atoms with Gasteiger partial charge in [0.2, 0.25) is 0 Å². The number of rotatable bonds is 5. The molecule has 0 radical (unpaired) electrons. The lowest BCUT2D eigenvalue weighted by Crippen LogP contribution is -2.47. The number of nitrogens with zero attached hydrogens (tertiary/aromatic N) is 4. The zero-order valence-electron chi connectivity index (χ0n) is 16.2. The van der Waals surface area contributed by atoms with Gasteiger partial charge in [0.15, 0.2) is 5.13 Å². The van der Waals surface area contributed by atoms with Crippen LogP contribution in [0.4, 0.5) is 25.7 Å². The predicted octanol–water partition coefficient (Wildman–Crippen LogP) is 4.86. The van der Waals surface area contributed by atoms with Gasteiger partial charge in [-0.25, -0.2) is 9.37 Å². The minimum Gasteiger partial charge on any atom is -0.368 e. The van der Waals surface area contributed by atoms with Crippen LogP contribution in [0, 0.1) is 15.9 Å². The summed E-state index contributed by atoms with van der Waals surface area (Å²) in [6, 6.07) is 12.5. The molecule has 1 saturated heterocycles. The molecule has 1 aliphatic heterocycles. The van der Waals surface area contributed by atoms with Crippen LogP contribution in [-0.2, 0) is 0 Å². The number of benzene rings is 2. The number of nitro benzene ring substituents is 1. The fourth-order valence-electron chi connectivity index (χ4n) is 3.16. The minimum absolute atomic E-state index is 0.0259. The Balaban J connectivity index is 1.27. The molecule has 0 aliphatic carbocycles. The number of carbonyl (C=O) groups excluding carboxylic acids is 1. The van der Waals surface area contributed by atoms with Crippen molar-refractivity contribution in [2.45, 2.75) is 0 Å². The molecule has 1 fully saturated rings. The van der Waals surface area contributed by atoms with Gasteiger partial charge in [0.25, 0.3) is 5.69 Å². The molecule has 3 aromatic rings. The average molecular weight is 460 g/mol. The van der Waals surface area contributed by atoms with Crippen molar-refractivity contribution in [3.63, 3.8) is 0 Å². The van der Waals surface area contributed by atoms with Crippen molar-refractivity contribution in [2.75, 3.05) is 35.8 Å². The van der Waals surface area contributed by atoms with E-state index in [0.29, 0.717) is 37.0 Å². The van der Waals surface area contributed by atoms with E-state index >= 15 is 0 Å². The maximum absolute atomic E-state index is 13.1. The maximum atomic E-state index is 13.1. The summed E-state index contributed by atoms with van der Waals surface area (Å²) in [5.74, 6) is -0.265. The van der Waals surface area contributed by atoms with E-state index in [1.165, 1.54) is 35.6 Å². The molecule has 160 valence electrons. The largest absolute Gasteiger partial charge is 0.368 e. The molecule has 1 amide bonds. The first-order chi connectivity index (χ1) is 15.0. The summed E-state index contributed by atoms with van der Waals surface area (Å²) in [6.07, 6.45) is 0. The van der Waals surface area contributed by atoms with E-state index in [1.54, 1.807) is 29.2 Å². The Labute approximate surface area is 186 Å². The highest BCUT2D eigenvalue weighted by Gasteiger charge is 2.22. The van der Waals surface area contributed by atoms with Crippen LogP contribution in [0.1, 0.15) is 0 Å². The van der Waals surface area contributed by atoms with E-state index in [2.05, 4.69) is 14.6 Å². The number of thiazole rings is 1. The van der Waals surface area contributed by atoms with Crippen molar-refractivity contribution in [1.29, 1.82) is 0 Å². The molecule has 31 heavy (non-hydrogen) atoms. The molecule has 11 heteroatoms. The second kappa shape index (κ2) is 9.31. The maximum Gasteiger partial charge on any atom is 0.302 e. The van der Waals surface area contributed by atoms with Gasteiger partial charge in [-0.2, -0.15) is 0 Å². The Morgan fingerprint density at radius 1 is 1.10 bits per heavy atom. The first-order valence-corrected chi connectivity index (χ1v) is 11.1. The second-order valence-electron chi connectivity index (χ2n) is 6.76. The Kier molecular flexibility index (Phi) is 6.33. The molecule has 0 atom stereocenters. The van der Waals surface area contributed by atoms with Crippen molar-refractivity contribution >= 4 is 45.0 Å². The number of halogens is 1. The Bertz CT molecular complexity index is 1070. The van der Waals surface area contributed by atoms with E-state index in [4.69, 9.17) is 0 Å². The molecule has 0 saturated carbocycles. The summed E-state index contributed by atoms with van der Waals surface area (Å²) in [4.78, 5) is 31.2. The van der Waals surface area contributed by atoms with Crippen molar-refractivity contribution in [1.82, 2.24) is 9.88 Å². The van der Waals surface area contributed by atoms with E-state index in [-0.39, 0.29) is 16.7 Å². The highest BCUT2D eigenvalue weighted by molar-refractivity contribution is 8.14. The van der Waals surface area contributed by atoms with Crippen LogP contribution in [0.3, 0.4) is 0 Å². The molecule has 0 unspecified atom stereocenters. The van der Waals surface area contributed by atoms with Gasteiger partial charge >= 0.3 is 5.24 Å². The molecule has 1 aromatic heterocycles. The van der Waals surface area contributed by atoms with Crippen LogP contribution < -0.4 is 9.62 Å². The first-order valence-electron chi connectivity index (χ1n) is 9.42. The summed E-state index contributed by atoms with van der Waals surface area (Å²) in [6.45, 7) is 2.52. The molecular formula is C20H18FN5O3S2. The minimum atomic E-state index is -0.445. The quantitative estimate of drug-likeness (QED) is 0.331. The number of nitrogens with one attached hydrogen (secondary N) is 1. The molecule has 0 bridgehead atoms. The number of hydrogen-bond donors (Lipinski definition) is 1. The number of anilines is 2. The van der Waals surface area contributed by atoms with Crippen LogP contribution in [0.15, 0.2) is 53.9 Å². The van der Waals surface area contributed by atoms with Crippen molar-refractivity contribution in [3.8, 4) is 11.3 Å². The highest BCUT2D eigenvalue weighted by atomic mass is 32.2. The molecular weight excluding hydrogens is 441 g/mol. The van der Waals surface area contributed by atoms with Crippen LogP contribution in [0.2, 0.25) is 0 Å². The Morgan fingerprint density at radius 2 is 1.77 bits per heavy atom. The zero-order chi connectivity index (χ0) is 21.8. The van der Waals surface area contributed by atoms with E-state index in [0.717, 1.165) is 23.2 Å². The van der Waals surface area contributed by atoms with E-state index in [1.807, 2.05) is 5.38 Å². The summed E-state index contributed by atoms with van der Waals surface area (Å²) in [5.41, 5.74) is 2.42. The second-order valence-corrected chi connectivity index (χ2v) is 8.38. The number of hydrogen-bond acceptors (Lipinski definition) is 8. The van der Waals surface area contributed by atoms with Gasteiger partial charge in [0, 0.05) is 66.9 Å². The van der Waals surface area contributed by atoms with Gasteiger partial charge in [-0.1, -0.05) is 0 Å². The molecule has 2 heterocycles. The number of piperazine rings is 1. The molecule has 2 aromatic carbocycles. The summed E-state index contributed by atoms with van der Waals surface area (Å²) >= 11 is 2.33. The van der Waals surface area contributed by atoms with Gasteiger partial charge in [-0.15, -0.1) is 11.3 Å². The third kappa shape index (κ3) is 5.12. The number of nitro groups is 1. The SMILES string of the molecule is O=C(SNc1nc(-c2ccc([N+](=O)[O-])cc2)cs1)N1CCN(c2ccc(F)cc2)CC1. The lowest BCUT2D eigenvalue weighted by Gasteiger charge is -2.35. The number of amides is 1. The third-order valence-electron chi connectivity index (χ3n) is 4.83. The first kappa shape index (κ1) is 21.1. The van der Waals surface area contributed by atoms with Crippen LogP contribution in [-0.4, -0.2) is 46.2 Å². The molecule has 8 nitrogen and oxygen atoms in total. The van der Waals surface area contributed by atoms with E-state index in [9.17, 15) is 19.3 Å². The molecule has 4 rings (SSSR count). The lowest BCUT2D eigenvalue weighted by molar-refractivity contribution is -0.384. The normalized spacial score (nSPS) is 13.8. The fraction of sp³-hybridized carbons (Fsp3) is 0.200. The van der Waals surface area contributed by atoms with Crippen LogP contribution >= 0.6 is 23.3 Å². The summed E-state index contributed by atoms with van der Waals surface area (Å²) in [7, 11) is 0. The highest BCUT2D eigenvalue weighted by Crippen LogP contribution is 2.28. The third-order valence-corrected chi connectivity index (χ3v) is 6.45. The van der Waals surface area contributed by atoms with Gasteiger partial charge in [0.1, 0.15) is 5.82 Å². The van der Waals surface area contributed by atoms with Crippen LogP contribution in [0.5, 0.6) is 0 Å². The molecule has 1 N–H and O–H groups in total.